The maximum absolute atomic E-state index is 5.51. The van der Waals surface area contributed by atoms with Crippen molar-refractivity contribution in [3.8, 4) is 5.75 Å². The Kier molecular flexibility index (Phi) is 5.13. The normalized spacial score (nSPS) is 12.2. The number of ether oxygens (including phenoxy) is 1. The number of rotatable bonds is 6. The van der Waals surface area contributed by atoms with Crippen molar-refractivity contribution in [2.24, 2.45) is 0 Å². The Labute approximate surface area is 121 Å². The van der Waals surface area contributed by atoms with Crippen LogP contribution in [0, 0.1) is 6.92 Å². The van der Waals surface area contributed by atoms with E-state index in [-0.39, 0.29) is 6.04 Å². The molecule has 1 atom stereocenters. The highest BCUT2D eigenvalue weighted by Gasteiger charge is 2.16. The highest BCUT2D eigenvalue weighted by Crippen LogP contribution is 2.28. The van der Waals surface area contributed by atoms with E-state index in [0.717, 1.165) is 18.7 Å². The van der Waals surface area contributed by atoms with E-state index in [1.165, 1.54) is 16.7 Å². The van der Waals surface area contributed by atoms with E-state index < -0.39 is 0 Å². The van der Waals surface area contributed by atoms with Gasteiger partial charge in [0.05, 0.1) is 7.11 Å². The molecular weight excluding hydrogens is 248 g/mol. The fourth-order valence-corrected chi connectivity index (χ4v) is 2.42. The third-order valence-corrected chi connectivity index (χ3v) is 3.37. The van der Waals surface area contributed by atoms with Crippen LogP contribution in [0.1, 0.15) is 29.7 Å². The van der Waals surface area contributed by atoms with Crippen LogP contribution < -0.4 is 10.1 Å². The highest BCUT2D eigenvalue weighted by atomic mass is 16.5. The second-order valence-electron chi connectivity index (χ2n) is 4.92. The van der Waals surface area contributed by atoms with Crippen molar-refractivity contribution in [3.05, 3.63) is 59.4 Å². The molecule has 1 N–H and O–H groups in total. The molecule has 106 valence electrons. The van der Waals surface area contributed by atoms with Gasteiger partial charge in [-0.1, -0.05) is 30.7 Å². The lowest BCUT2D eigenvalue weighted by molar-refractivity contribution is 0.399. The molecule has 0 saturated carbocycles. The molecule has 1 aromatic carbocycles. The Balaban J connectivity index is 2.30. The number of aromatic nitrogens is 1. The van der Waals surface area contributed by atoms with Crippen LogP contribution >= 0.6 is 0 Å². The smallest absolute Gasteiger partial charge is 0.123 e. The molecule has 0 bridgehead atoms. The Bertz CT molecular complexity index is 540. The van der Waals surface area contributed by atoms with E-state index in [1.54, 1.807) is 13.3 Å². The molecule has 3 nitrogen and oxygen atoms in total. The lowest BCUT2D eigenvalue weighted by atomic mass is 9.97. The van der Waals surface area contributed by atoms with Crippen molar-refractivity contribution < 1.29 is 4.74 Å². The van der Waals surface area contributed by atoms with Crippen molar-refractivity contribution in [1.29, 1.82) is 0 Å². The molecule has 0 radical (unpaired) electrons. The van der Waals surface area contributed by atoms with Crippen molar-refractivity contribution in [2.45, 2.75) is 26.3 Å². The van der Waals surface area contributed by atoms with Gasteiger partial charge in [0.1, 0.15) is 5.75 Å². The molecule has 0 spiro atoms. The van der Waals surface area contributed by atoms with Crippen LogP contribution in [-0.4, -0.2) is 18.6 Å². The van der Waals surface area contributed by atoms with Crippen LogP contribution in [0.5, 0.6) is 5.75 Å². The number of likely N-dealkylation sites (N-methyl/N-ethyl adjacent to an activating group) is 1. The number of nitrogens with one attached hydrogen (secondary N) is 1. The molecular formula is C17H22N2O. The van der Waals surface area contributed by atoms with Gasteiger partial charge in [-0.2, -0.15) is 0 Å². The minimum atomic E-state index is 0.235. The molecule has 0 saturated heterocycles. The number of methoxy groups -OCH3 is 1. The summed E-state index contributed by atoms with van der Waals surface area (Å²) < 4.78 is 5.51. The first-order valence-electron chi connectivity index (χ1n) is 7.01. The number of nitrogens with zero attached hydrogens (tertiary/aromatic N) is 1. The van der Waals surface area contributed by atoms with Gasteiger partial charge in [-0.3, -0.25) is 4.98 Å². The number of pyridine rings is 1. The largest absolute Gasteiger partial charge is 0.496 e. The zero-order valence-electron chi connectivity index (χ0n) is 12.4. The number of benzene rings is 1. The highest BCUT2D eigenvalue weighted by molar-refractivity contribution is 5.40. The van der Waals surface area contributed by atoms with Gasteiger partial charge in [0, 0.05) is 24.0 Å². The van der Waals surface area contributed by atoms with E-state index in [9.17, 15) is 0 Å². The van der Waals surface area contributed by atoms with Crippen molar-refractivity contribution >= 4 is 0 Å². The molecule has 1 unspecified atom stereocenters. The predicted octanol–water partition coefficient (Wildman–Crippen LogP) is 3.29. The lowest BCUT2D eigenvalue weighted by Crippen LogP contribution is -2.23. The molecule has 20 heavy (non-hydrogen) atoms. The molecule has 2 rings (SSSR count). The molecule has 3 heteroatoms. The maximum atomic E-state index is 5.51. The molecule has 0 aliphatic heterocycles. The fraction of sp³-hybridized carbons (Fsp3) is 0.353. The third kappa shape index (κ3) is 3.58. The van der Waals surface area contributed by atoms with Gasteiger partial charge in [0.15, 0.2) is 0 Å². The molecule has 0 fully saturated rings. The summed E-state index contributed by atoms with van der Waals surface area (Å²) in [5.74, 6) is 0.936. The third-order valence-electron chi connectivity index (χ3n) is 3.37. The first-order valence-corrected chi connectivity index (χ1v) is 7.01. The SMILES string of the molecule is CCNC(Cc1cccnc1)c1cc(C)ccc1OC. The quantitative estimate of drug-likeness (QED) is 0.874. The molecule has 0 amide bonds. The van der Waals surface area contributed by atoms with E-state index in [4.69, 9.17) is 4.74 Å². The molecule has 2 aromatic rings. The van der Waals surface area contributed by atoms with Gasteiger partial charge in [-0.15, -0.1) is 0 Å². The summed E-state index contributed by atoms with van der Waals surface area (Å²) in [7, 11) is 1.72. The molecule has 1 heterocycles. The van der Waals surface area contributed by atoms with E-state index in [1.807, 2.05) is 18.3 Å². The molecule has 0 aliphatic carbocycles. The predicted molar refractivity (Wildman–Crippen MR) is 82.1 cm³/mol. The summed E-state index contributed by atoms with van der Waals surface area (Å²) in [5.41, 5.74) is 3.68. The number of hydrogen-bond donors (Lipinski definition) is 1. The second kappa shape index (κ2) is 7.06. The molecule has 1 aromatic heterocycles. The first-order chi connectivity index (χ1) is 9.74. The van der Waals surface area contributed by atoms with Crippen molar-refractivity contribution in [2.75, 3.05) is 13.7 Å². The van der Waals surface area contributed by atoms with Crippen LogP contribution in [0.3, 0.4) is 0 Å². The summed E-state index contributed by atoms with van der Waals surface area (Å²) in [4.78, 5) is 4.19. The van der Waals surface area contributed by atoms with Crippen LogP contribution in [-0.2, 0) is 6.42 Å². The maximum Gasteiger partial charge on any atom is 0.123 e. The van der Waals surface area contributed by atoms with Crippen LogP contribution in [0.2, 0.25) is 0 Å². The van der Waals surface area contributed by atoms with Gasteiger partial charge < -0.3 is 10.1 Å². The first kappa shape index (κ1) is 14.5. The molecule has 0 aliphatic rings. The Morgan fingerprint density at radius 2 is 2.15 bits per heavy atom. The van der Waals surface area contributed by atoms with Gasteiger partial charge in [0.25, 0.3) is 0 Å². The second-order valence-corrected chi connectivity index (χ2v) is 4.92. The van der Waals surface area contributed by atoms with E-state index >= 15 is 0 Å². The standard InChI is InChI=1S/C17H22N2O/c1-4-19-16(11-14-6-5-9-18-12-14)15-10-13(2)7-8-17(15)20-3/h5-10,12,16,19H,4,11H2,1-3H3. The number of hydrogen-bond acceptors (Lipinski definition) is 3. The zero-order chi connectivity index (χ0) is 14.4. The van der Waals surface area contributed by atoms with Gasteiger partial charge in [-0.05, 0) is 37.6 Å². The summed E-state index contributed by atoms with van der Waals surface area (Å²) in [6, 6.07) is 10.6. The van der Waals surface area contributed by atoms with Crippen LogP contribution in [0.15, 0.2) is 42.7 Å². The van der Waals surface area contributed by atoms with Gasteiger partial charge in [-0.25, -0.2) is 0 Å². The average Bonchev–Trinajstić information content (AvgIpc) is 2.48. The van der Waals surface area contributed by atoms with Crippen molar-refractivity contribution in [3.63, 3.8) is 0 Å². The average molecular weight is 270 g/mol. The van der Waals surface area contributed by atoms with E-state index in [0.29, 0.717) is 0 Å². The van der Waals surface area contributed by atoms with Crippen LogP contribution in [0.25, 0.3) is 0 Å². The lowest BCUT2D eigenvalue weighted by Gasteiger charge is -2.21. The summed E-state index contributed by atoms with van der Waals surface area (Å²) in [6.07, 6.45) is 4.63. The topological polar surface area (TPSA) is 34.2 Å². The monoisotopic (exact) mass is 270 g/mol. The summed E-state index contributed by atoms with van der Waals surface area (Å²) in [5, 5.41) is 3.54. The van der Waals surface area contributed by atoms with Crippen LogP contribution in [0.4, 0.5) is 0 Å². The fourth-order valence-electron chi connectivity index (χ4n) is 2.42. The minimum Gasteiger partial charge on any atom is -0.496 e. The summed E-state index contributed by atoms with van der Waals surface area (Å²) in [6.45, 7) is 5.15. The Hall–Kier alpha value is -1.87. The van der Waals surface area contributed by atoms with Gasteiger partial charge >= 0.3 is 0 Å². The Morgan fingerprint density at radius 3 is 2.80 bits per heavy atom. The minimum absolute atomic E-state index is 0.235. The number of aryl methyl sites for hydroxylation is 1. The summed E-state index contributed by atoms with van der Waals surface area (Å²) >= 11 is 0. The Morgan fingerprint density at radius 1 is 1.30 bits per heavy atom. The zero-order valence-corrected chi connectivity index (χ0v) is 12.4. The van der Waals surface area contributed by atoms with Gasteiger partial charge in [0.2, 0.25) is 0 Å². The van der Waals surface area contributed by atoms with Crippen molar-refractivity contribution in [1.82, 2.24) is 10.3 Å². The van der Waals surface area contributed by atoms with E-state index in [2.05, 4.69) is 42.3 Å².